The van der Waals surface area contributed by atoms with E-state index in [1.807, 2.05) is 0 Å². The lowest BCUT2D eigenvalue weighted by molar-refractivity contribution is -0.385. The van der Waals surface area contributed by atoms with E-state index in [1.165, 1.54) is 37.7 Å². The molecule has 1 N–H and O–H groups in total. The zero-order valence-corrected chi connectivity index (χ0v) is 15.7. The second-order valence-corrected chi connectivity index (χ2v) is 5.89. The van der Waals surface area contributed by atoms with Crippen LogP contribution in [0.15, 0.2) is 40.2 Å². The third kappa shape index (κ3) is 5.07. The van der Waals surface area contributed by atoms with Crippen molar-refractivity contribution in [1.82, 2.24) is 10.4 Å². The van der Waals surface area contributed by atoms with Gasteiger partial charge in [-0.25, -0.2) is 5.43 Å². The van der Waals surface area contributed by atoms with Gasteiger partial charge in [-0.3, -0.25) is 24.7 Å². The monoisotopic (exact) mass is 436 g/mol. The molecule has 1 aromatic heterocycles. The minimum Gasteiger partial charge on any atom is -0.488 e. The number of nitro groups is 1. The van der Waals surface area contributed by atoms with Gasteiger partial charge in [0.05, 0.1) is 29.4 Å². The molecule has 0 radical (unpaired) electrons. The minimum atomic E-state index is -0.701. The number of ether oxygens (including phenoxy) is 2. The van der Waals surface area contributed by atoms with Gasteiger partial charge in [-0.15, -0.1) is 0 Å². The molecule has 140 valence electrons. The van der Waals surface area contributed by atoms with Gasteiger partial charge >= 0.3 is 11.7 Å². The second kappa shape index (κ2) is 8.85. The molecule has 1 aromatic carbocycles. The molecular weight excluding hydrogens is 424 g/mol. The summed E-state index contributed by atoms with van der Waals surface area (Å²) < 4.78 is 10.5. The Labute approximate surface area is 161 Å². The van der Waals surface area contributed by atoms with Crippen molar-refractivity contribution in [3.05, 3.63) is 56.3 Å². The Morgan fingerprint density at radius 2 is 2.11 bits per heavy atom. The highest BCUT2D eigenvalue weighted by Crippen LogP contribution is 2.39. The van der Waals surface area contributed by atoms with Gasteiger partial charge in [-0.1, -0.05) is 0 Å². The average molecular weight is 437 g/mol. The molecule has 0 unspecified atom stereocenters. The van der Waals surface area contributed by atoms with Crippen LogP contribution in [0.3, 0.4) is 0 Å². The number of amides is 1. The normalized spacial score (nSPS) is 10.5. The zero-order valence-electron chi connectivity index (χ0n) is 14.1. The van der Waals surface area contributed by atoms with Crippen LogP contribution in [0.5, 0.6) is 11.5 Å². The van der Waals surface area contributed by atoms with Crippen LogP contribution >= 0.6 is 15.9 Å². The number of nitro benzene ring substituents is 1. The Morgan fingerprint density at radius 3 is 2.70 bits per heavy atom. The fourth-order valence-corrected chi connectivity index (χ4v) is 2.42. The van der Waals surface area contributed by atoms with Crippen LogP contribution in [0.1, 0.15) is 22.8 Å². The van der Waals surface area contributed by atoms with E-state index in [-0.39, 0.29) is 22.6 Å². The molecule has 2 rings (SSSR count). The van der Waals surface area contributed by atoms with Gasteiger partial charge in [0.2, 0.25) is 5.75 Å². The number of hydrogen-bond acceptors (Lipinski definition) is 8. The summed E-state index contributed by atoms with van der Waals surface area (Å²) in [5.41, 5.74) is 2.08. The number of aromatic nitrogens is 1. The number of rotatable bonds is 6. The third-order valence-corrected chi connectivity index (χ3v) is 3.54. The van der Waals surface area contributed by atoms with Gasteiger partial charge in [-0.05, 0) is 34.1 Å². The lowest BCUT2D eigenvalue weighted by Crippen LogP contribution is -2.18. The van der Waals surface area contributed by atoms with Crippen LogP contribution in [0.2, 0.25) is 0 Å². The van der Waals surface area contributed by atoms with Crippen LogP contribution in [0.4, 0.5) is 5.69 Å². The topological polar surface area (TPSA) is 133 Å². The van der Waals surface area contributed by atoms with Gasteiger partial charge in [-0.2, -0.15) is 5.10 Å². The first-order valence-electron chi connectivity index (χ1n) is 7.31. The van der Waals surface area contributed by atoms with Crippen molar-refractivity contribution in [3.63, 3.8) is 0 Å². The van der Waals surface area contributed by atoms with Crippen molar-refractivity contribution in [1.29, 1.82) is 0 Å². The van der Waals surface area contributed by atoms with Crippen LogP contribution in [0, 0.1) is 10.1 Å². The number of pyridine rings is 1. The summed E-state index contributed by atoms with van der Waals surface area (Å²) in [6.45, 7) is 1.16. The Balaban J connectivity index is 2.29. The molecule has 1 heterocycles. The van der Waals surface area contributed by atoms with Gasteiger partial charge < -0.3 is 9.47 Å². The number of nitrogens with one attached hydrogen (secondary N) is 1. The fraction of sp³-hybridized carbons (Fsp3) is 0.125. The highest BCUT2D eigenvalue weighted by Gasteiger charge is 2.25. The lowest BCUT2D eigenvalue weighted by atomic mass is 10.1. The fourth-order valence-electron chi connectivity index (χ4n) is 2.05. The number of nitrogens with zero attached hydrogens (tertiary/aromatic N) is 3. The molecule has 0 spiro atoms. The zero-order chi connectivity index (χ0) is 20.0. The smallest absolute Gasteiger partial charge is 0.323 e. The van der Waals surface area contributed by atoms with Crippen LogP contribution in [-0.2, 0) is 4.79 Å². The molecule has 0 fully saturated rings. The van der Waals surface area contributed by atoms with E-state index in [2.05, 4.69) is 31.4 Å². The van der Waals surface area contributed by atoms with Gasteiger partial charge in [0.15, 0.2) is 5.75 Å². The molecule has 0 saturated heterocycles. The van der Waals surface area contributed by atoms with Gasteiger partial charge in [0.25, 0.3) is 5.91 Å². The summed E-state index contributed by atoms with van der Waals surface area (Å²) in [5, 5.41) is 15.1. The maximum Gasteiger partial charge on any atom is 0.323 e. The van der Waals surface area contributed by atoms with Crippen molar-refractivity contribution in [2.24, 2.45) is 5.10 Å². The first kappa shape index (κ1) is 20.0. The Morgan fingerprint density at radius 1 is 1.37 bits per heavy atom. The predicted octanol–water partition coefficient (Wildman–Crippen LogP) is 2.45. The number of carbonyl (C=O) groups excluding carboxylic acids is 2. The number of carbonyl (C=O) groups is 2. The summed E-state index contributed by atoms with van der Waals surface area (Å²) in [5.74, 6) is -1.54. The number of hydrazone groups is 1. The molecule has 0 aliphatic rings. The summed E-state index contributed by atoms with van der Waals surface area (Å²) in [6, 6.07) is 4.18. The summed E-state index contributed by atoms with van der Waals surface area (Å²) in [4.78, 5) is 37.7. The summed E-state index contributed by atoms with van der Waals surface area (Å²) in [7, 11) is 1.21. The van der Waals surface area contributed by atoms with E-state index in [4.69, 9.17) is 9.47 Å². The maximum atomic E-state index is 12.0. The number of hydrogen-bond donors (Lipinski definition) is 1. The average Bonchev–Trinajstić information content (AvgIpc) is 2.61. The molecule has 0 atom stereocenters. The highest BCUT2D eigenvalue weighted by atomic mass is 79.9. The molecule has 2 aromatic rings. The molecular formula is C16H13BrN4O6. The Hall–Kier alpha value is -3.34. The SMILES string of the molecule is COc1c(OC(C)=O)ccc(/C=N/NC(=O)c2cncc(Br)c2)c1[N+](=O)[O-]. The van der Waals surface area contributed by atoms with E-state index in [0.717, 1.165) is 13.1 Å². The van der Waals surface area contributed by atoms with Crippen molar-refractivity contribution in [3.8, 4) is 11.5 Å². The Kier molecular flexibility index (Phi) is 6.55. The van der Waals surface area contributed by atoms with Crippen molar-refractivity contribution >= 4 is 39.7 Å². The quantitative estimate of drug-likeness (QED) is 0.241. The van der Waals surface area contributed by atoms with E-state index in [1.54, 1.807) is 0 Å². The molecule has 0 aliphatic heterocycles. The second-order valence-electron chi connectivity index (χ2n) is 4.98. The lowest BCUT2D eigenvalue weighted by Gasteiger charge is -2.09. The highest BCUT2D eigenvalue weighted by molar-refractivity contribution is 9.10. The number of esters is 1. The van der Waals surface area contributed by atoms with Crippen molar-refractivity contribution < 1.29 is 24.0 Å². The Bertz CT molecular complexity index is 931. The molecule has 27 heavy (non-hydrogen) atoms. The third-order valence-electron chi connectivity index (χ3n) is 3.10. The first-order valence-corrected chi connectivity index (χ1v) is 8.10. The van der Waals surface area contributed by atoms with Crippen molar-refractivity contribution in [2.45, 2.75) is 6.92 Å². The number of halogens is 1. The van der Waals surface area contributed by atoms with Crippen molar-refractivity contribution in [2.75, 3.05) is 7.11 Å². The molecule has 0 bridgehead atoms. The predicted molar refractivity (Wildman–Crippen MR) is 98.0 cm³/mol. The molecule has 11 heteroatoms. The standard InChI is InChI=1S/C16H13BrN4O6/c1-9(22)27-13-4-3-10(14(21(24)25)15(13)26-2)7-19-20-16(23)11-5-12(17)8-18-6-11/h3-8H,1-2H3,(H,20,23)/b19-7+. The van der Waals surface area contributed by atoms with E-state index in [9.17, 15) is 19.7 Å². The van der Waals surface area contributed by atoms with E-state index in [0.29, 0.717) is 4.47 Å². The number of benzene rings is 1. The number of methoxy groups -OCH3 is 1. The molecule has 0 saturated carbocycles. The molecule has 0 aliphatic carbocycles. The maximum absolute atomic E-state index is 12.0. The molecule has 10 nitrogen and oxygen atoms in total. The molecule has 1 amide bonds. The van der Waals surface area contributed by atoms with E-state index < -0.39 is 22.5 Å². The largest absolute Gasteiger partial charge is 0.488 e. The van der Waals surface area contributed by atoms with Gasteiger partial charge in [0.1, 0.15) is 0 Å². The minimum absolute atomic E-state index is 0.0421. The van der Waals surface area contributed by atoms with Crippen LogP contribution in [0.25, 0.3) is 0 Å². The van der Waals surface area contributed by atoms with Crippen LogP contribution in [-0.4, -0.2) is 35.1 Å². The van der Waals surface area contributed by atoms with Crippen LogP contribution < -0.4 is 14.9 Å². The first-order chi connectivity index (χ1) is 12.8. The van der Waals surface area contributed by atoms with E-state index >= 15 is 0 Å². The summed E-state index contributed by atoms with van der Waals surface area (Å²) in [6.07, 6.45) is 3.94. The summed E-state index contributed by atoms with van der Waals surface area (Å²) >= 11 is 3.19. The van der Waals surface area contributed by atoms with Gasteiger partial charge in [0, 0.05) is 23.8 Å².